The summed E-state index contributed by atoms with van der Waals surface area (Å²) in [7, 11) is 0. The number of hydrogen-bond donors (Lipinski definition) is 0. The van der Waals surface area contributed by atoms with Gasteiger partial charge in [-0.1, -0.05) is 23.2 Å². The van der Waals surface area contributed by atoms with Gasteiger partial charge in [0, 0.05) is 23.5 Å². The second kappa shape index (κ2) is 6.92. The van der Waals surface area contributed by atoms with Crippen molar-refractivity contribution in [2.75, 3.05) is 26.2 Å². The Labute approximate surface area is 150 Å². The summed E-state index contributed by atoms with van der Waals surface area (Å²) in [6, 6.07) is 6.96. The molecule has 0 saturated carbocycles. The molecule has 0 aromatic carbocycles. The summed E-state index contributed by atoms with van der Waals surface area (Å²) in [6.07, 6.45) is 3.24. The van der Waals surface area contributed by atoms with Crippen molar-refractivity contribution in [3.8, 4) is 0 Å². The minimum Gasteiger partial charge on any atom is -0.632 e. The van der Waals surface area contributed by atoms with E-state index in [0.717, 1.165) is 11.1 Å². The number of halogens is 2. The second-order valence-electron chi connectivity index (χ2n) is 6.31. The van der Waals surface area contributed by atoms with Crippen LogP contribution in [0.5, 0.6) is 0 Å². The normalized spacial score (nSPS) is 27.2. The van der Waals surface area contributed by atoms with Crippen LogP contribution in [-0.4, -0.2) is 45.4 Å². The minimum atomic E-state index is -0.398. The number of hydroxylamine groups is 6. The molecule has 2 aromatic rings. The highest BCUT2D eigenvalue weighted by molar-refractivity contribution is 6.29. The van der Waals surface area contributed by atoms with Gasteiger partial charge in [-0.3, -0.25) is 0 Å². The van der Waals surface area contributed by atoms with E-state index in [4.69, 9.17) is 23.2 Å². The molecule has 6 nitrogen and oxygen atoms in total. The van der Waals surface area contributed by atoms with Crippen LogP contribution in [0.25, 0.3) is 0 Å². The quantitative estimate of drug-likeness (QED) is 0.472. The molecule has 0 spiro atoms. The lowest BCUT2D eigenvalue weighted by atomic mass is 10.2. The van der Waals surface area contributed by atoms with Crippen molar-refractivity contribution in [3.63, 3.8) is 0 Å². The van der Waals surface area contributed by atoms with Gasteiger partial charge in [-0.2, -0.15) is 0 Å². The molecular weight excluding hydrogens is 351 g/mol. The molecule has 0 radical (unpaired) electrons. The van der Waals surface area contributed by atoms with Gasteiger partial charge in [-0.25, -0.2) is 9.97 Å². The van der Waals surface area contributed by atoms with Crippen LogP contribution in [0.2, 0.25) is 10.3 Å². The molecule has 128 valence electrons. The predicted molar refractivity (Wildman–Crippen MR) is 92.6 cm³/mol. The van der Waals surface area contributed by atoms with E-state index >= 15 is 0 Å². The van der Waals surface area contributed by atoms with E-state index in [0.29, 0.717) is 23.4 Å². The number of rotatable bonds is 4. The maximum atomic E-state index is 12.9. The van der Waals surface area contributed by atoms with Gasteiger partial charge < -0.3 is 19.7 Å². The standard InChI is InChI=1S/C16H18Cl2N4O2/c17-15-3-1-13(9-19-15)11-21(23)5-7-22(24,8-6-21)12-14-2-4-16(18)20-10-14/h1-4,9-10H,5-8,11-12H2. The molecule has 0 unspecified atom stereocenters. The molecule has 3 rings (SSSR count). The van der Waals surface area contributed by atoms with Crippen molar-refractivity contribution in [2.45, 2.75) is 13.1 Å². The zero-order valence-electron chi connectivity index (χ0n) is 13.1. The van der Waals surface area contributed by atoms with Gasteiger partial charge in [0.05, 0.1) is 0 Å². The van der Waals surface area contributed by atoms with Crippen LogP contribution < -0.4 is 0 Å². The fourth-order valence-electron chi connectivity index (χ4n) is 2.93. The molecule has 3 heterocycles. The molecule has 1 saturated heterocycles. The summed E-state index contributed by atoms with van der Waals surface area (Å²) < 4.78 is -0.797. The molecule has 0 amide bonds. The van der Waals surface area contributed by atoms with Crippen LogP contribution in [0.15, 0.2) is 36.7 Å². The van der Waals surface area contributed by atoms with Crippen LogP contribution in [-0.2, 0) is 13.1 Å². The molecule has 0 bridgehead atoms. The lowest BCUT2D eigenvalue weighted by molar-refractivity contribution is -1.00. The van der Waals surface area contributed by atoms with Gasteiger partial charge in [0.15, 0.2) is 0 Å². The van der Waals surface area contributed by atoms with E-state index in [1.807, 2.05) is 0 Å². The van der Waals surface area contributed by atoms with Gasteiger partial charge in [0.2, 0.25) is 0 Å². The van der Waals surface area contributed by atoms with Gasteiger partial charge in [-0.05, 0) is 24.3 Å². The first kappa shape index (κ1) is 17.5. The van der Waals surface area contributed by atoms with E-state index in [2.05, 4.69) is 9.97 Å². The number of aromatic nitrogens is 2. The Hall–Kier alpha value is -1.28. The summed E-state index contributed by atoms with van der Waals surface area (Å²) in [4.78, 5) is 8.00. The van der Waals surface area contributed by atoms with Crippen molar-refractivity contribution >= 4 is 23.2 Å². The van der Waals surface area contributed by atoms with Gasteiger partial charge in [0.25, 0.3) is 0 Å². The summed E-state index contributed by atoms with van der Waals surface area (Å²) in [5.41, 5.74) is 1.67. The van der Waals surface area contributed by atoms with Crippen LogP contribution in [0.1, 0.15) is 11.1 Å². The van der Waals surface area contributed by atoms with Crippen molar-refractivity contribution in [2.24, 2.45) is 0 Å². The number of nitrogens with zero attached hydrogens (tertiary/aromatic N) is 4. The largest absolute Gasteiger partial charge is 0.632 e. The Kier molecular flexibility index (Phi) is 5.05. The van der Waals surface area contributed by atoms with Crippen molar-refractivity contribution in [1.82, 2.24) is 9.97 Å². The first-order chi connectivity index (χ1) is 11.4. The van der Waals surface area contributed by atoms with E-state index in [1.54, 1.807) is 36.7 Å². The van der Waals surface area contributed by atoms with Crippen LogP contribution in [0.3, 0.4) is 0 Å². The van der Waals surface area contributed by atoms with Gasteiger partial charge >= 0.3 is 0 Å². The van der Waals surface area contributed by atoms with Crippen LogP contribution in [0.4, 0.5) is 0 Å². The Balaban J connectivity index is 1.61. The molecule has 0 N–H and O–H groups in total. The fraction of sp³-hybridized carbons (Fsp3) is 0.375. The molecule has 0 atom stereocenters. The maximum Gasteiger partial charge on any atom is 0.129 e. The third kappa shape index (κ3) is 4.42. The summed E-state index contributed by atoms with van der Waals surface area (Å²) >= 11 is 11.5. The average Bonchev–Trinajstić information content (AvgIpc) is 2.56. The molecule has 1 aliphatic heterocycles. The first-order valence-electron chi connectivity index (χ1n) is 7.71. The zero-order valence-corrected chi connectivity index (χ0v) is 14.6. The first-order valence-corrected chi connectivity index (χ1v) is 8.47. The lowest BCUT2D eigenvalue weighted by Crippen LogP contribution is -2.61. The zero-order chi connectivity index (χ0) is 17.2. The molecule has 0 aliphatic carbocycles. The topological polar surface area (TPSA) is 71.9 Å². The Bertz CT molecular complexity index is 625. The van der Waals surface area contributed by atoms with Gasteiger partial charge in [-0.15, -0.1) is 0 Å². The van der Waals surface area contributed by atoms with E-state index in [9.17, 15) is 10.4 Å². The number of pyridine rings is 2. The fourth-order valence-corrected chi connectivity index (χ4v) is 3.16. The van der Waals surface area contributed by atoms with Crippen LogP contribution in [0, 0.1) is 10.4 Å². The molecule has 2 aromatic heterocycles. The number of piperazine rings is 1. The molecule has 1 aliphatic rings. The maximum absolute atomic E-state index is 12.9. The number of hydrogen-bond acceptors (Lipinski definition) is 4. The SMILES string of the molecule is [O-][N+]1(Cc2ccc(Cl)nc2)CC[N+]([O-])(Cc2ccc(Cl)nc2)CC1. The Morgan fingerprint density at radius 2 is 1.12 bits per heavy atom. The highest BCUT2D eigenvalue weighted by atomic mass is 35.5. The lowest BCUT2D eigenvalue weighted by Gasteiger charge is -2.54. The molecule has 1 fully saturated rings. The highest BCUT2D eigenvalue weighted by Gasteiger charge is 2.32. The Morgan fingerprint density at radius 1 is 0.750 bits per heavy atom. The third-order valence-corrected chi connectivity index (χ3v) is 4.80. The van der Waals surface area contributed by atoms with Gasteiger partial charge in [0.1, 0.15) is 49.6 Å². The van der Waals surface area contributed by atoms with E-state index in [-0.39, 0.29) is 26.2 Å². The molecule has 24 heavy (non-hydrogen) atoms. The molecular formula is C16H18Cl2N4O2. The monoisotopic (exact) mass is 368 g/mol. The molecule has 8 heteroatoms. The van der Waals surface area contributed by atoms with E-state index < -0.39 is 9.29 Å². The smallest absolute Gasteiger partial charge is 0.129 e. The predicted octanol–water partition coefficient (Wildman–Crippen LogP) is 3.13. The summed E-state index contributed by atoms with van der Waals surface area (Å²) in [6.45, 7) is 1.76. The van der Waals surface area contributed by atoms with Crippen molar-refractivity contribution in [1.29, 1.82) is 0 Å². The van der Waals surface area contributed by atoms with Crippen molar-refractivity contribution in [3.05, 3.63) is 68.5 Å². The van der Waals surface area contributed by atoms with Crippen LogP contribution >= 0.6 is 23.2 Å². The summed E-state index contributed by atoms with van der Waals surface area (Å²) in [5, 5.41) is 26.5. The highest BCUT2D eigenvalue weighted by Crippen LogP contribution is 2.23. The second-order valence-corrected chi connectivity index (χ2v) is 7.08. The minimum absolute atomic E-state index is 0.285. The summed E-state index contributed by atoms with van der Waals surface area (Å²) in [5.74, 6) is 0. The average molecular weight is 369 g/mol. The third-order valence-electron chi connectivity index (χ3n) is 4.35. The van der Waals surface area contributed by atoms with Crippen molar-refractivity contribution < 1.29 is 9.29 Å². The van der Waals surface area contributed by atoms with E-state index in [1.165, 1.54) is 0 Å². The number of quaternary nitrogens is 2. The Morgan fingerprint density at radius 3 is 1.42 bits per heavy atom.